The van der Waals surface area contributed by atoms with Crippen molar-refractivity contribution in [2.45, 2.75) is 31.2 Å². The highest BCUT2D eigenvalue weighted by Gasteiger charge is 2.26. The van der Waals surface area contributed by atoms with Crippen molar-refractivity contribution in [2.75, 3.05) is 6.54 Å². The average molecular weight is 365 g/mol. The predicted octanol–water partition coefficient (Wildman–Crippen LogP) is 2.52. The quantitative estimate of drug-likeness (QED) is 0.787. The van der Waals surface area contributed by atoms with Crippen LogP contribution in [0, 0.1) is 0 Å². The SMILES string of the molecule is CC(C)N(CCC(N)=S)S(=O)(=O)c1ccc(Br)cc1. The first-order valence-electron chi connectivity index (χ1n) is 5.81. The predicted molar refractivity (Wildman–Crippen MR) is 84.6 cm³/mol. The fraction of sp³-hybridized carbons (Fsp3) is 0.417. The van der Waals surface area contributed by atoms with Gasteiger partial charge in [0.2, 0.25) is 10.0 Å². The van der Waals surface area contributed by atoms with E-state index in [0.29, 0.717) is 18.0 Å². The molecule has 0 saturated carbocycles. The van der Waals surface area contributed by atoms with E-state index in [0.717, 1.165) is 4.47 Å². The lowest BCUT2D eigenvalue weighted by molar-refractivity contribution is 0.362. The molecule has 0 fully saturated rings. The number of benzene rings is 1. The van der Waals surface area contributed by atoms with Crippen LogP contribution >= 0.6 is 28.1 Å². The Morgan fingerprint density at radius 2 is 1.89 bits per heavy atom. The number of sulfonamides is 1. The highest BCUT2D eigenvalue weighted by atomic mass is 79.9. The van der Waals surface area contributed by atoms with Gasteiger partial charge in [-0.1, -0.05) is 28.1 Å². The Morgan fingerprint density at radius 1 is 1.37 bits per heavy atom. The molecule has 1 aromatic rings. The summed E-state index contributed by atoms with van der Waals surface area (Å²) in [5.74, 6) is 0. The van der Waals surface area contributed by atoms with Gasteiger partial charge in [-0.15, -0.1) is 0 Å². The molecule has 4 nitrogen and oxygen atoms in total. The monoisotopic (exact) mass is 364 g/mol. The van der Waals surface area contributed by atoms with Crippen LogP contribution in [0.25, 0.3) is 0 Å². The van der Waals surface area contributed by atoms with Crippen LogP contribution in [-0.2, 0) is 10.0 Å². The molecule has 0 bridgehead atoms. The maximum atomic E-state index is 12.5. The Balaban J connectivity index is 3.05. The molecular formula is C12H17BrN2O2S2. The first-order valence-corrected chi connectivity index (χ1v) is 8.45. The van der Waals surface area contributed by atoms with Gasteiger partial charge in [-0.05, 0) is 38.1 Å². The number of thiocarbonyl (C=S) groups is 1. The van der Waals surface area contributed by atoms with Crippen LogP contribution in [0.15, 0.2) is 33.6 Å². The molecule has 0 heterocycles. The third-order valence-corrected chi connectivity index (χ3v) is 5.40. The fourth-order valence-electron chi connectivity index (χ4n) is 1.62. The summed E-state index contributed by atoms with van der Waals surface area (Å²) in [7, 11) is -3.52. The van der Waals surface area contributed by atoms with E-state index in [2.05, 4.69) is 15.9 Å². The Morgan fingerprint density at radius 3 is 2.32 bits per heavy atom. The van der Waals surface area contributed by atoms with Crippen molar-refractivity contribution in [1.82, 2.24) is 4.31 Å². The Bertz CT molecular complexity index is 541. The van der Waals surface area contributed by atoms with Gasteiger partial charge in [-0.25, -0.2) is 8.42 Å². The molecule has 0 radical (unpaired) electrons. The van der Waals surface area contributed by atoms with Crippen LogP contribution in [0.3, 0.4) is 0 Å². The summed E-state index contributed by atoms with van der Waals surface area (Å²) < 4.78 is 27.3. The van der Waals surface area contributed by atoms with Crippen molar-refractivity contribution >= 4 is 43.2 Å². The minimum Gasteiger partial charge on any atom is -0.393 e. The second-order valence-corrected chi connectivity index (χ2v) is 7.71. The lowest BCUT2D eigenvalue weighted by Gasteiger charge is -2.25. The molecule has 1 rings (SSSR count). The third kappa shape index (κ3) is 4.52. The fourth-order valence-corrected chi connectivity index (χ4v) is 3.61. The standard InChI is InChI=1S/C12H17BrN2O2S2/c1-9(2)15(8-7-12(14)18)19(16,17)11-5-3-10(13)4-6-11/h3-6,9H,7-8H2,1-2H3,(H2,14,18). The first kappa shape index (κ1) is 16.6. The van der Waals surface area contributed by atoms with Crippen molar-refractivity contribution in [3.63, 3.8) is 0 Å². The third-order valence-electron chi connectivity index (χ3n) is 2.57. The Labute approximate surface area is 128 Å². The van der Waals surface area contributed by atoms with E-state index in [4.69, 9.17) is 18.0 Å². The van der Waals surface area contributed by atoms with Gasteiger partial charge in [0.25, 0.3) is 0 Å². The zero-order valence-electron chi connectivity index (χ0n) is 10.8. The zero-order chi connectivity index (χ0) is 14.6. The maximum Gasteiger partial charge on any atom is 0.243 e. The molecule has 7 heteroatoms. The largest absolute Gasteiger partial charge is 0.393 e. The average Bonchev–Trinajstić information content (AvgIpc) is 2.28. The van der Waals surface area contributed by atoms with Crippen molar-refractivity contribution in [1.29, 1.82) is 0 Å². The van der Waals surface area contributed by atoms with Crippen LogP contribution in [-0.4, -0.2) is 30.3 Å². The normalized spacial score (nSPS) is 12.1. The van der Waals surface area contributed by atoms with E-state index < -0.39 is 10.0 Å². The number of hydrogen-bond acceptors (Lipinski definition) is 3. The smallest absolute Gasteiger partial charge is 0.243 e. The lowest BCUT2D eigenvalue weighted by atomic mass is 10.3. The minimum atomic E-state index is -3.52. The molecule has 0 spiro atoms. The van der Waals surface area contributed by atoms with E-state index in [1.54, 1.807) is 24.3 Å². The number of nitrogens with zero attached hydrogens (tertiary/aromatic N) is 1. The zero-order valence-corrected chi connectivity index (χ0v) is 14.1. The van der Waals surface area contributed by atoms with Crippen LogP contribution in [0.5, 0.6) is 0 Å². The summed E-state index contributed by atoms with van der Waals surface area (Å²) in [4.78, 5) is 0.587. The summed E-state index contributed by atoms with van der Waals surface area (Å²) in [6, 6.07) is 6.42. The minimum absolute atomic E-state index is 0.150. The van der Waals surface area contributed by atoms with Crippen molar-refractivity contribution in [2.24, 2.45) is 5.73 Å². The molecule has 19 heavy (non-hydrogen) atoms. The molecule has 1 aromatic carbocycles. The number of rotatable bonds is 6. The summed E-state index contributed by atoms with van der Waals surface area (Å²) >= 11 is 8.09. The topological polar surface area (TPSA) is 63.4 Å². The van der Waals surface area contributed by atoms with Gasteiger partial charge in [-0.2, -0.15) is 4.31 Å². The molecule has 0 unspecified atom stereocenters. The van der Waals surface area contributed by atoms with E-state index in [1.165, 1.54) is 4.31 Å². The number of halogens is 1. The molecule has 2 N–H and O–H groups in total. The lowest BCUT2D eigenvalue weighted by Crippen LogP contribution is -2.38. The molecular weight excluding hydrogens is 348 g/mol. The highest BCUT2D eigenvalue weighted by Crippen LogP contribution is 2.20. The van der Waals surface area contributed by atoms with Gasteiger partial charge >= 0.3 is 0 Å². The second-order valence-electron chi connectivity index (χ2n) is 4.38. The number of hydrogen-bond donors (Lipinski definition) is 1. The van der Waals surface area contributed by atoms with Crippen LogP contribution < -0.4 is 5.73 Å². The van der Waals surface area contributed by atoms with E-state index in [9.17, 15) is 8.42 Å². The van der Waals surface area contributed by atoms with Crippen LogP contribution in [0.1, 0.15) is 20.3 Å². The van der Waals surface area contributed by atoms with Gasteiger partial charge in [0.15, 0.2) is 0 Å². The van der Waals surface area contributed by atoms with Gasteiger partial charge < -0.3 is 5.73 Å². The van der Waals surface area contributed by atoms with Gasteiger partial charge in [0, 0.05) is 23.5 Å². The molecule has 0 atom stereocenters. The van der Waals surface area contributed by atoms with Gasteiger partial charge in [0.1, 0.15) is 0 Å². The van der Waals surface area contributed by atoms with Crippen LogP contribution in [0.2, 0.25) is 0 Å². The van der Waals surface area contributed by atoms with Crippen LogP contribution in [0.4, 0.5) is 0 Å². The van der Waals surface area contributed by atoms with Crippen molar-refractivity contribution < 1.29 is 8.42 Å². The summed E-state index contributed by atoms with van der Waals surface area (Å²) in [5.41, 5.74) is 5.45. The maximum absolute atomic E-state index is 12.5. The molecule has 106 valence electrons. The molecule has 0 aliphatic heterocycles. The van der Waals surface area contributed by atoms with Gasteiger partial charge in [-0.3, -0.25) is 0 Å². The first-order chi connectivity index (χ1) is 8.75. The summed E-state index contributed by atoms with van der Waals surface area (Å²) in [6.07, 6.45) is 0.378. The van der Waals surface area contributed by atoms with Crippen molar-refractivity contribution in [3.05, 3.63) is 28.7 Å². The Kier molecular flexibility index (Phi) is 5.91. The molecule has 0 aliphatic carbocycles. The molecule has 0 aliphatic rings. The summed E-state index contributed by atoms with van der Waals surface area (Å²) in [6.45, 7) is 3.96. The molecule has 0 amide bonds. The van der Waals surface area contributed by atoms with E-state index in [1.807, 2.05) is 13.8 Å². The van der Waals surface area contributed by atoms with E-state index >= 15 is 0 Å². The van der Waals surface area contributed by atoms with Gasteiger partial charge in [0.05, 0.1) is 9.88 Å². The Hall–Kier alpha value is -0.500. The molecule has 0 saturated heterocycles. The number of nitrogens with two attached hydrogens (primary N) is 1. The molecule has 0 aromatic heterocycles. The van der Waals surface area contributed by atoms with Crippen molar-refractivity contribution in [3.8, 4) is 0 Å². The highest BCUT2D eigenvalue weighted by molar-refractivity contribution is 9.10. The van der Waals surface area contributed by atoms with E-state index in [-0.39, 0.29) is 10.9 Å². The second kappa shape index (κ2) is 6.78. The summed E-state index contributed by atoms with van der Waals surface area (Å²) in [5, 5.41) is 0.